The van der Waals surface area contributed by atoms with E-state index >= 15 is 0 Å². The first-order valence-electron chi connectivity index (χ1n) is 6.89. The van der Waals surface area contributed by atoms with Gasteiger partial charge in [0, 0.05) is 35.9 Å². The summed E-state index contributed by atoms with van der Waals surface area (Å²) >= 11 is 6.33. The van der Waals surface area contributed by atoms with Gasteiger partial charge in [-0.05, 0) is 51.6 Å². The molecule has 2 N–H and O–H groups in total. The SMILES string of the molecule is CN1CCN(c2cccc(Cl)c2CCN)CC1(C)C. The smallest absolute Gasteiger partial charge is 0.0459 e. The molecule has 19 heavy (non-hydrogen) atoms. The number of piperazine rings is 1. The van der Waals surface area contributed by atoms with Gasteiger partial charge >= 0.3 is 0 Å². The molecule has 0 bridgehead atoms. The lowest BCUT2D eigenvalue weighted by molar-refractivity contribution is 0.139. The van der Waals surface area contributed by atoms with E-state index < -0.39 is 0 Å². The molecule has 0 radical (unpaired) electrons. The van der Waals surface area contributed by atoms with Crippen LogP contribution in [0.4, 0.5) is 5.69 Å². The number of nitrogens with zero attached hydrogens (tertiary/aromatic N) is 2. The number of nitrogens with two attached hydrogens (primary N) is 1. The summed E-state index contributed by atoms with van der Waals surface area (Å²) in [6.45, 7) is 8.33. The van der Waals surface area contributed by atoms with E-state index in [0.717, 1.165) is 31.1 Å². The minimum atomic E-state index is 0.181. The van der Waals surface area contributed by atoms with Crippen molar-refractivity contribution in [1.82, 2.24) is 4.90 Å². The van der Waals surface area contributed by atoms with Crippen LogP contribution in [0.2, 0.25) is 5.02 Å². The molecule has 3 nitrogen and oxygen atoms in total. The molecule has 1 saturated heterocycles. The van der Waals surface area contributed by atoms with Gasteiger partial charge in [0.15, 0.2) is 0 Å². The van der Waals surface area contributed by atoms with Gasteiger partial charge in [-0.15, -0.1) is 0 Å². The molecule has 0 aromatic heterocycles. The Morgan fingerprint density at radius 1 is 1.32 bits per heavy atom. The van der Waals surface area contributed by atoms with E-state index in [4.69, 9.17) is 17.3 Å². The molecule has 106 valence electrons. The van der Waals surface area contributed by atoms with E-state index in [1.807, 2.05) is 12.1 Å². The van der Waals surface area contributed by atoms with Gasteiger partial charge < -0.3 is 10.6 Å². The highest BCUT2D eigenvalue weighted by Gasteiger charge is 2.31. The van der Waals surface area contributed by atoms with Crippen LogP contribution in [0.15, 0.2) is 18.2 Å². The van der Waals surface area contributed by atoms with Crippen LogP contribution in [0.5, 0.6) is 0 Å². The quantitative estimate of drug-likeness (QED) is 0.923. The van der Waals surface area contributed by atoms with Gasteiger partial charge in [0.25, 0.3) is 0 Å². The van der Waals surface area contributed by atoms with Crippen molar-refractivity contribution in [3.63, 3.8) is 0 Å². The lowest BCUT2D eigenvalue weighted by Gasteiger charge is -2.46. The van der Waals surface area contributed by atoms with Crippen molar-refractivity contribution >= 4 is 17.3 Å². The highest BCUT2D eigenvalue weighted by molar-refractivity contribution is 6.31. The molecule has 1 aromatic rings. The predicted octanol–water partition coefficient (Wildman–Crippen LogP) is 2.37. The monoisotopic (exact) mass is 281 g/mol. The zero-order chi connectivity index (χ0) is 14.0. The summed E-state index contributed by atoms with van der Waals surface area (Å²) < 4.78 is 0. The number of anilines is 1. The average Bonchev–Trinajstić information content (AvgIpc) is 2.35. The van der Waals surface area contributed by atoms with E-state index in [9.17, 15) is 0 Å². The summed E-state index contributed by atoms with van der Waals surface area (Å²) in [4.78, 5) is 4.85. The molecular weight excluding hydrogens is 258 g/mol. The normalized spacial score (nSPS) is 19.7. The zero-order valence-electron chi connectivity index (χ0n) is 12.1. The number of halogens is 1. The van der Waals surface area contributed by atoms with Crippen LogP contribution in [0, 0.1) is 0 Å². The van der Waals surface area contributed by atoms with Crippen LogP contribution >= 0.6 is 11.6 Å². The molecule has 1 aromatic carbocycles. The highest BCUT2D eigenvalue weighted by atomic mass is 35.5. The van der Waals surface area contributed by atoms with E-state index in [2.05, 4.69) is 36.8 Å². The number of rotatable bonds is 3. The summed E-state index contributed by atoms with van der Waals surface area (Å²) in [5, 5.41) is 0.833. The lowest BCUT2D eigenvalue weighted by Crippen LogP contribution is -2.57. The van der Waals surface area contributed by atoms with Gasteiger partial charge in [-0.3, -0.25) is 4.90 Å². The zero-order valence-corrected chi connectivity index (χ0v) is 12.9. The third-order valence-electron chi connectivity index (χ3n) is 4.15. The molecule has 0 atom stereocenters. The molecule has 4 heteroatoms. The Balaban J connectivity index is 2.29. The molecule has 1 heterocycles. The Morgan fingerprint density at radius 2 is 2.05 bits per heavy atom. The fourth-order valence-corrected chi connectivity index (χ4v) is 2.95. The Kier molecular flexibility index (Phi) is 4.39. The summed E-state index contributed by atoms with van der Waals surface area (Å²) in [5.74, 6) is 0. The second-order valence-electron chi connectivity index (χ2n) is 5.93. The molecule has 0 unspecified atom stereocenters. The molecule has 1 fully saturated rings. The largest absolute Gasteiger partial charge is 0.368 e. The standard InChI is InChI=1S/C15H24ClN3/c1-15(2)11-19(10-9-18(15)3)14-6-4-5-13(16)12(14)7-8-17/h4-6H,7-11,17H2,1-3H3. The number of hydrogen-bond donors (Lipinski definition) is 1. The topological polar surface area (TPSA) is 32.5 Å². The van der Waals surface area contributed by atoms with Crippen LogP contribution in [-0.2, 0) is 6.42 Å². The van der Waals surface area contributed by atoms with E-state index in [0.29, 0.717) is 6.54 Å². The van der Waals surface area contributed by atoms with Gasteiger partial charge in [-0.1, -0.05) is 17.7 Å². The molecule has 1 aliphatic heterocycles. The first kappa shape index (κ1) is 14.6. The van der Waals surface area contributed by atoms with Crippen LogP contribution < -0.4 is 10.6 Å². The molecule has 0 spiro atoms. The van der Waals surface area contributed by atoms with Crippen LogP contribution in [0.1, 0.15) is 19.4 Å². The van der Waals surface area contributed by atoms with Crippen molar-refractivity contribution in [2.45, 2.75) is 25.8 Å². The van der Waals surface area contributed by atoms with Crippen molar-refractivity contribution in [3.05, 3.63) is 28.8 Å². The molecule has 0 saturated carbocycles. The minimum absolute atomic E-state index is 0.181. The van der Waals surface area contributed by atoms with Gasteiger partial charge in [0.05, 0.1) is 0 Å². The van der Waals surface area contributed by atoms with Gasteiger partial charge in [-0.2, -0.15) is 0 Å². The molecule has 1 aliphatic rings. The van der Waals surface area contributed by atoms with E-state index in [1.54, 1.807) is 0 Å². The molecule has 2 rings (SSSR count). The fourth-order valence-electron chi connectivity index (χ4n) is 2.68. The maximum atomic E-state index is 6.33. The highest BCUT2D eigenvalue weighted by Crippen LogP contribution is 2.31. The van der Waals surface area contributed by atoms with Crippen molar-refractivity contribution in [3.8, 4) is 0 Å². The molecule has 0 aliphatic carbocycles. The van der Waals surface area contributed by atoms with Gasteiger partial charge in [0.1, 0.15) is 0 Å². The fraction of sp³-hybridized carbons (Fsp3) is 0.600. The predicted molar refractivity (Wildman–Crippen MR) is 83.1 cm³/mol. The lowest BCUT2D eigenvalue weighted by atomic mass is 9.98. The second-order valence-corrected chi connectivity index (χ2v) is 6.34. The first-order valence-corrected chi connectivity index (χ1v) is 7.27. The Labute approximate surface area is 121 Å². The van der Waals surface area contributed by atoms with E-state index in [1.165, 1.54) is 11.3 Å². The first-order chi connectivity index (χ1) is 8.95. The molecular formula is C15H24ClN3. The average molecular weight is 282 g/mol. The van der Waals surface area contributed by atoms with Crippen molar-refractivity contribution < 1.29 is 0 Å². The Hall–Kier alpha value is -0.770. The minimum Gasteiger partial charge on any atom is -0.368 e. The van der Waals surface area contributed by atoms with E-state index in [-0.39, 0.29) is 5.54 Å². The maximum absolute atomic E-state index is 6.33. The number of hydrogen-bond acceptors (Lipinski definition) is 3. The second kappa shape index (κ2) is 5.70. The molecule has 0 amide bonds. The Bertz CT molecular complexity index is 445. The maximum Gasteiger partial charge on any atom is 0.0459 e. The number of likely N-dealkylation sites (N-methyl/N-ethyl adjacent to an activating group) is 1. The summed E-state index contributed by atoms with van der Waals surface area (Å²) in [5.41, 5.74) is 8.34. The van der Waals surface area contributed by atoms with Crippen LogP contribution in [-0.4, -0.2) is 43.7 Å². The summed E-state index contributed by atoms with van der Waals surface area (Å²) in [6, 6.07) is 6.15. The summed E-state index contributed by atoms with van der Waals surface area (Å²) in [7, 11) is 2.19. The van der Waals surface area contributed by atoms with Gasteiger partial charge in [-0.25, -0.2) is 0 Å². The Morgan fingerprint density at radius 3 is 2.68 bits per heavy atom. The van der Waals surface area contributed by atoms with Crippen molar-refractivity contribution in [2.75, 3.05) is 38.1 Å². The van der Waals surface area contributed by atoms with Crippen LogP contribution in [0.25, 0.3) is 0 Å². The number of benzene rings is 1. The van der Waals surface area contributed by atoms with Crippen LogP contribution in [0.3, 0.4) is 0 Å². The third-order valence-corrected chi connectivity index (χ3v) is 4.50. The van der Waals surface area contributed by atoms with Crippen molar-refractivity contribution in [1.29, 1.82) is 0 Å². The van der Waals surface area contributed by atoms with Gasteiger partial charge in [0.2, 0.25) is 0 Å². The third kappa shape index (κ3) is 3.04. The van der Waals surface area contributed by atoms with Crippen molar-refractivity contribution in [2.24, 2.45) is 5.73 Å². The summed E-state index contributed by atoms with van der Waals surface area (Å²) in [6.07, 6.45) is 0.835.